The third-order valence-electron chi connectivity index (χ3n) is 4.82. The van der Waals surface area contributed by atoms with Crippen LogP contribution in [0.2, 0.25) is 0 Å². The summed E-state index contributed by atoms with van der Waals surface area (Å²) in [5.74, 6) is 0.130. The van der Waals surface area contributed by atoms with Crippen molar-refractivity contribution in [2.75, 3.05) is 25.0 Å². The van der Waals surface area contributed by atoms with Crippen molar-refractivity contribution in [3.8, 4) is 11.3 Å². The van der Waals surface area contributed by atoms with Gasteiger partial charge < -0.3 is 15.7 Å². The molecule has 1 aromatic heterocycles. The number of nitrogens with one attached hydrogen (secondary N) is 2. The second kappa shape index (κ2) is 9.45. The summed E-state index contributed by atoms with van der Waals surface area (Å²) >= 11 is 0. The normalized spacial score (nSPS) is 11.2. The van der Waals surface area contributed by atoms with E-state index in [-0.39, 0.29) is 30.3 Å². The maximum atomic E-state index is 13.2. The van der Waals surface area contributed by atoms with Gasteiger partial charge in [-0.05, 0) is 42.0 Å². The molecule has 3 rings (SSSR count). The van der Waals surface area contributed by atoms with Crippen LogP contribution in [0.15, 0.2) is 60.7 Å². The van der Waals surface area contributed by atoms with E-state index < -0.39 is 0 Å². The Hall–Kier alpha value is -3.32. The fourth-order valence-corrected chi connectivity index (χ4v) is 2.99. The first-order chi connectivity index (χ1) is 14.4. The van der Waals surface area contributed by atoms with E-state index in [1.165, 1.54) is 12.1 Å². The third-order valence-corrected chi connectivity index (χ3v) is 4.82. The lowest BCUT2D eigenvalue weighted by atomic mass is 9.84. The Morgan fingerprint density at radius 1 is 1.07 bits per heavy atom. The van der Waals surface area contributed by atoms with Crippen LogP contribution in [0.3, 0.4) is 0 Å². The number of halogens is 1. The van der Waals surface area contributed by atoms with E-state index in [0.717, 1.165) is 11.1 Å². The van der Waals surface area contributed by atoms with Gasteiger partial charge in [0.05, 0.1) is 12.3 Å². The van der Waals surface area contributed by atoms with Crippen molar-refractivity contribution in [2.45, 2.75) is 19.3 Å². The minimum Gasteiger partial charge on any atom is -0.395 e. The molecule has 0 radical (unpaired) electrons. The predicted octanol–water partition coefficient (Wildman–Crippen LogP) is 3.39. The Morgan fingerprint density at radius 2 is 1.83 bits per heavy atom. The smallest absolute Gasteiger partial charge is 0.251 e. The molecule has 7 heteroatoms. The lowest BCUT2D eigenvalue weighted by molar-refractivity contribution is 0.0945. The first-order valence-corrected chi connectivity index (χ1v) is 9.72. The zero-order chi connectivity index (χ0) is 21.6. The monoisotopic (exact) mass is 408 g/mol. The number of carbonyl (C=O) groups excluding carboxylic acids is 1. The lowest BCUT2D eigenvalue weighted by Gasteiger charge is -2.25. The fraction of sp³-hybridized carbons (Fsp3) is 0.261. The molecule has 0 fully saturated rings. The van der Waals surface area contributed by atoms with Crippen molar-refractivity contribution >= 4 is 11.7 Å². The number of amides is 1. The molecule has 3 N–H and O–H groups in total. The maximum Gasteiger partial charge on any atom is 0.251 e. The molecule has 0 bridgehead atoms. The van der Waals surface area contributed by atoms with Crippen LogP contribution in [-0.4, -0.2) is 40.9 Å². The van der Waals surface area contributed by atoms with Crippen LogP contribution >= 0.6 is 0 Å². The van der Waals surface area contributed by atoms with Gasteiger partial charge in [0.2, 0.25) is 0 Å². The lowest BCUT2D eigenvalue weighted by Crippen LogP contribution is -2.28. The zero-order valence-corrected chi connectivity index (χ0v) is 17.0. The van der Waals surface area contributed by atoms with Crippen molar-refractivity contribution < 1.29 is 14.3 Å². The quantitative estimate of drug-likeness (QED) is 0.532. The highest BCUT2D eigenvalue weighted by Gasteiger charge is 2.20. The molecule has 1 heterocycles. The number of anilines is 1. The molecule has 2 aromatic carbocycles. The van der Waals surface area contributed by atoms with E-state index in [9.17, 15) is 9.18 Å². The van der Waals surface area contributed by atoms with Gasteiger partial charge in [-0.15, -0.1) is 10.2 Å². The van der Waals surface area contributed by atoms with Crippen LogP contribution < -0.4 is 10.6 Å². The number of nitrogens with zero attached hydrogens (tertiary/aromatic N) is 2. The number of carbonyl (C=O) groups is 1. The van der Waals surface area contributed by atoms with E-state index in [2.05, 4.69) is 34.7 Å². The molecule has 30 heavy (non-hydrogen) atoms. The number of aromatic nitrogens is 2. The van der Waals surface area contributed by atoms with E-state index in [4.69, 9.17) is 5.11 Å². The number of hydrogen-bond donors (Lipinski definition) is 3. The molecule has 0 aliphatic heterocycles. The Balaban J connectivity index is 1.66. The Labute approximate surface area is 175 Å². The van der Waals surface area contributed by atoms with E-state index in [1.807, 2.05) is 18.2 Å². The van der Waals surface area contributed by atoms with Gasteiger partial charge in [0, 0.05) is 29.6 Å². The fourth-order valence-electron chi connectivity index (χ4n) is 2.99. The molecule has 0 spiro atoms. The van der Waals surface area contributed by atoms with E-state index in [0.29, 0.717) is 23.6 Å². The summed E-state index contributed by atoms with van der Waals surface area (Å²) < 4.78 is 13.2. The highest BCUT2D eigenvalue weighted by molar-refractivity contribution is 5.95. The molecule has 6 nitrogen and oxygen atoms in total. The molecule has 0 saturated heterocycles. The van der Waals surface area contributed by atoms with Crippen molar-refractivity contribution in [2.24, 2.45) is 0 Å². The van der Waals surface area contributed by atoms with Crippen molar-refractivity contribution in [1.29, 1.82) is 0 Å². The molecule has 0 aliphatic carbocycles. The predicted molar refractivity (Wildman–Crippen MR) is 115 cm³/mol. The number of aliphatic hydroxyl groups is 1. The third kappa shape index (κ3) is 5.39. The highest BCUT2D eigenvalue weighted by atomic mass is 19.1. The first-order valence-electron chi connectivity index (χ1n) is 9.72. The van der Waals surface area contributed by atoms with Gasteiger partial charge in [0.15, 0.2) is 0 Å². The number of benzene rings is 2. The van der Waals surface area contributed by atoms with Crippen LogP contribution in [0, 0.1) is 5.82 Å². The summed E-state index contributed by atoms with van der Waals surface area (Å²) in [7, 11) is 0. The maximum absolute atomic E-state index is 13.2. The number of aliphatic hydroxyl groups excluding tert-OH is 1. The van der Waals surface area contributed by atoms with Crippen LogP contribution in [-0.2, 0) is 5.41 Å². The molecule has 156 valence electrons. The van der Waals surface area contributed by atoms with Gasteiger partial charge in [-0.2, -0.15) is 0 Å². The first kappa shape index (κ1) is 21.4. The van der Waals surface area contributed by atoms with Crippen LogP contribution in [0.4, 0.5) is 10.2 Å². The molecule has 0 aliphatic rings. The molecular weight excluding hydrogens is 383 g/mol. The highest BCUT2D eigenvalue weighted by Crippen LogP contribution is 2.24. The van der Waals surface area contributed by atoms with Gasteiger partial charge in [-0.1, -0.05) is 38.1 Å². The minimum absolute atomic E-state index is 0.108. The van der Waals surface area contributed by atoms with Crippen molar-refractivity contribution in [3.05, 3.63) is 77.6 Å². The van der Waals surface area contributed by atoms with Crippen molar-refractivity contribution in [1.82, 2.24) is 15.5 Å². The topological polar surface area (TPSA) is 87.1 Å². The van der Waals surface area contributed by atoms with Crippen LogP contribution in [0.5, 0.6) is 0 Å². The van der Waals surface area contributed by atoms with Gasteiger partial charge in [-0.25, -0.2) is 4.39 Å². The van der Waals surface area contributed by atoms with Crippen LogP contribution in [0.1, 0.15) is 29.8 Å². The van der Waals surface area contributed by atoms with Crippen LogP contribution in [0.25, 0.3) is 11.3 Å². The second-order valence-electron chi connectivity index (χ2n) is 7.61. The standard InChI is InChI=1S/C23H25FN4O2/c1-23(2,18-6-8-19(24)9-7-18)15-26-21-11-10-20(27-28-21)16-4-3-5-17(14-16)22(30)25-12-13-29/h3-11,14,29H,12-13,15H2,1-2H3,(H,25,30)(H,26,28). The largest absolute Gasteiger partial charge is 0.395 e. The molecular formula is C23H25FN4O2. The summed E-state index contributed by atoms with van der Waals surface area (Å²) in [6.07, 6.45) is 0. The second-order valence-corrected chi connectivity index (χ2v) is 7.61. The minimum atomic E-state index is -0.251. The van der Waals surface area contributed by atoms with Gasteiger partial charge in [0.1, 0.15) is 11.6 Å². The summed E-state index contributed by atoms with van der Waals surface area (Å²) in [5, 5.41) is 23.2. The summed E-state index contributed by atoms with van der Waals surface area (Å²) in [5.41, 5.74) is 2.72. The Morgan fingerprint density at radius 3 is 2.50 bits per heavy atom. The zero-order valence-electron chi connectivity index (χ0n) is 17.0. The Kier molecular flexibility index (Phi) is 6.74. The molecule has 0 atom stereocenters. The number of rotatable bonds is 8. The van der Waals surface area contributed by atoms with E-state index >= 15 is 0 Å². The summed E-state index contributed by atoms with van der Waals surface area (Å²) in [4.78, 5) is 12.1. The SMILES string of the molecule is CC(C)(CNc1ccc(-c2cccc(C(=O)NCCO)c2)nn1)c1ccc(F)cc1. The molecule has 0 unspecified atom stereocenters. The van der Waals surface area contributed by atoms with Gasteiger partial charge in [-0.3, -0.25) is 4.79 Å². The van der Waals surface area contributed by atoms with Gasteiger partial charge in [0.25, 0.3) is 5.91 Å². The van der Waals surface area contributed by atoms with Crippen molar-refractivity contribution in [3.63, 3.8) is 0 Å². The number of hydrogen-bond acceptors (Lipinski definition) is 5. The van der Waals surface area contributed by atoms with Gasteiger partial charge >= 0.3 is 0 Å². The summed E-state index contributed by atoms with van der Waals surface area (Å²) in [6.45, 7) is 4.85. The average molecular weight is 408 g/mol. The molecule has 3 aromatic rings. The molecule has 0 saturated carbocycles. The van der Waals surface area contributed by atoms with E-state index in [1.54, 1.807) is 30.3 Å². The Bertz CT molecular complexity index is 989. The summed E-state index contributed by atoms with van der Waals surface area (Å²) in [6, 6.07) is 17.3. The molecule has 1 amide bonds. The average Bonchev–Trinajstić information content (AvgIpc) is 2.77.